The number of aryl methyl sites for hydroxylation is 3. The van der Waals surface area contributed by atoms with E-state index >= 15 is 0 Å². The van der Waals surface area contributed by atoms with Gasteiger partial charge < -0.3 is 9.64 Å². The van der Waals surface area contributed by atoms with Crippen LogP contribution >= 0.6 is 0 Å². The summed E-state index contributed by atoms with van der Waals surface area (Å²) in [6, 6.07) is 14.1. The maximum absolute atomic E-state index is 5.83. The molecule has 0 spiro atoms. The van der Waals surface area contributed by atoms with E-state index in [9.17, 15) is 0 Å². The monoisotopic (exact) mass is 392 g/mol. The minimum atomic E-state index is 0.707. The number of rotatable bonds is 6. The van der Waals surface area contributed by atoms with Crippen LogP contribution in [0.5, 0.6) is 5.75 Å². The minimum Gasteiger partial charge on any atom is -0.492 e. The second-order valence-corrected chi connectivity index (χ2v) is 7.46. The van der Waals surface area contributed by atoms with Crippen molar-refractivity contribution < 1.29 is 4.74 Å². The lowest BCUT2D eigenvalue weighted by Gasteiger charge is -2.35. The Morgan fingerprint density at radius 3 is 2.31 bits per heavy atom. The molecule has 1 saturated heterocycles. The molecule has 2 aromatic heterocycles. The van der Waals surface area contributed by atoms with Gasteiger partial charge in [0, 0.05) is 44.5 Å². The molecule has 0 aliphatic carbocycles. The number of ether oxygens (including phenoxy) is 1. The Bertz CT molecular complexity index is 947. The Morgan fingerprint density at radius 2 is 1.62 bits per heavy atom. The molecule has 0 amide bonds. The van der Waals surface area contributed by atoms with Gasteiger partial charge in [-0.2, -0.15) is 5.10 Å². The van der Waals surface area contributed by atoms with Crippen molar-refractivity contribution in [3.05, 3.63) is 59.7 Å². The topological polar surface area (TPSA) is 59.3 Å². The molecule has 1 fully saturated rings. The normalized spacial score (nSPS) is 14.9. The lowest BCUT2D eigenvalue weighted by molar-refractivity contribution is 0.200. The molecule has 3 aromatic rings. The molecule has 152 valence electrons. The Morgan fingerprint density at radius 1 is 0.897 bits per heavy atom. The summed E-state index contributed by atoms with van der Waals surface area (Å²) in [7, 11) is 0. The predicted molar refractivity (Wildman–Crippen MR) is 114 cm³/mol. The van der Waals surface area contributed by atoms with Crippen molar-refractivity contribution in [2.45, 2.75) is 20.8 Å². The molecular formula is C22H28N6O. The Labute approximate surface area is 172 Å². The van der Waals surface area contributed by atoms with Gasteiger partial charge in [0.15, 0.2) is 5.82 Å². The van der Waals surface area contributed by atoms with Crippen molar-refractivity contribution in [1.29, 1.82) is 0 Å². The lowest BCUT2D eigenvalue weighted by atomic mass is 10.3. The van der Waals surface area contributed by atoms with Crippen LogP contribution in [0.3, 0.4) is 0 Å². The van der Waals surface area contributed by atoms with Gasteiger partial charge in [0.2, 0.25) is 0 Å². The van der Waals surface area contributed by atoms with Crippen molar-refractivity contribution >= 4 is 5.82 Å². The van der Waals surface area contributed by atoms with Crippen molar-refractivity contribution in [1.82, 2.24) is 24.6 Å². The number of hydrogen-bond acceptors (Lipinski definition) is 6. The molecule has 0 saturated carbocycles. The zero-order valence-corrected chi connectivity index (χ0v) is 17.4. The molecule has 0 bridgehead atoms. The number of benzene rings is 1. The van der Waals surface area contributed by atoms with Crippen LogP contribution < -0.4 is 9.64 Å². The van der Waals surface area contributed by atoms with Crippen LogP contribution in [0, 0.1) is 20.8 Å². The van der Waals surface area contributed by atoms with Crippen LogP contribution in [0.2, 0.25) is 0 Å². The van der Waals surface area contributed by atoms with Crippen molar-refractivity contribution in [2.24, 2.45) is 0 Å². The third-order valence-electron chi connectivity index (χ3n) is 5.15. The van der Waals surface area contributed by atoms with Crippen LogP contribution in [-0.4, -0.2) is 64.0 Å². The molecule has 1 aliphatic rings. The molecule has 3 heterocycles. The summed E-state index contributed by atoms with van der Waals surface area (Å²) in [5, 5.41) is 4.56. The molecule has 0 radical (unpaired) electrons. The van der Waals surface area contributed by atoms with E-state index in [1.54, 1.807) is 0 Å². The molecule has 7 nitrogen and oxygen atoms in total. The zero-order chi connectivity index (χ0) is 20.2. The van der Waals surface area contributed by atoms with Crippen LogP contribution in [0.25, 0.3) is 5.82 Å². The first-order chi connectivity index (χ1) is 14.1. The van der Waals surface area contributed by atoms with E-state index in [0.29, 0.717) is 6.61 Å². The van der Waals surface area contributed by atoms with Gasteiger partial charge in [-0.15, -0.1) is 0 Å². The fraction of sp³-hybridized carbons (Fsp3) is 0.409. The van der Waals surface area contributed by atoms with Gasteiger partial charge in [-0.25, -0.2) is 14.6 Å². The van der Waals surface area contributed by atoms with Crippen molar-refractivity contribution in [3.63, 3.8) is 0 Å². The maximum Gasteiger partial charge on any atom is 0.159 e. The van der Waals surface area contributed by atoms with Crippen LogP contribution in [0.4, 0.5) is 5.82 Å². The highest BCUT2D eigenvalue weighted by atomic mass is 16.5. The number of nitrogens with zero attached hydrogens (tertiary/aromatic N) is 6. The predicted octanol–water partition coefficient (Wildman–Crippen LogP) is 2.79. The standard InChI is InChI=1S/C22H28N6O/c1-17-15-18(2)28(25-17)22-16-21(23-19(3)24-22)27-11-9-26(10-12-27)13-14-29-20-7-5-4-6-8-20/h4-8,15-16H,9-14H2,1-3H3. The van der Waals surface area contributed by atoms with E-state index in [-0.39, 0.29) is 0 Å². The fourth-order valence-corrected chi connectivity index (χ4v) is 3.68. The highest BCUT2D eigenvalue weighted by Crippen LogP contribution is 2.19. The number of para-hydroxylation sites is 1. The van der Waals surface area contributed by atoms with Crippen molar-refractivity contribution in [3.8, 4) is 11.6 Å². The Balaban J connectivity index is 1.35. The molecule has 0 atom stereocenters. The number of aromatic nitrogens is 4. The zero-order valence-electron chi connectivity index (χ0n) is 17.4. The Hall–Kier alpha value is -2.93. The second kappa shape index (κ2) is 8.61. The first-order valence-corrected chi connectivity index (χ1v) is 10.1. The molecule has 4 rings (SSSR count). The third-order valence-corrected chi connectivity index (χ3v) is 5.15. The molecule has 1 aliphatic heterocycles. The summed E-state index contributed by atoms with van der Waals surface area (Å²) >= 11 is 0. The second-order valence-electron chi connectivity index (χ2n) is 7.46. The fourth-order valence-electron chi connectivity index (χ4n) is 3.68. The third kappa shape index (κ3) is 4.74. The average molecular weight is 393 g/mol. The van der Waals surface area contributed by atoms with Gasteiger partial charge >= 0.3 is 0 Å². The largest absolute Gasteiger partial charge is 0.492 e. The first kappa shape index (κ1) is 19.4. The maximum atomic E-state index is 5.83. The summed E-state index contributed by atoms with van der Waals surface area (Å²) in [4.78, 5) is 14.0. The number of piperazine rings is 1. The van der Waals surface area contributed by atoms with Gasteiger partial charge in [0.1, 0.15) is 24.0 Å². The SMILES string of the molecule is Cc1cc(C)n(-c2cc(N3CCN(CCOc4ccccc4)CC3)nc(C)n2)n1. The molecular weight excluding hydrogens is 364 g/mol. The van der Waals surface area contributed by atoms with E-state index in [4.69, 9.17) is 4.74 Å². The van der Waals surface area contributed by atoms with Crippen LogP contribution in [0.1, 0.15) is 17.2 Å². The Kier molecular flexibility index (Phi) is 5.76. The molecule has 1 aromatic carbocycles. The van der Waals surface area contributed by atoms with Gasteiger partial charge in [0.25, 0.3) is 0 Å². The van der Waals surface area contributed by atoms with Gasteiger partial charge in [-0.3, -0.25) is 4.90 Å². The molecule has 0 N–H and O–H groups in total. The smallest absolute Gasteiger partial charge is 0.159 e. The summed E-state index contributed by atoms with van der Waals surface area (Å²) in [5.41, 5.74) is 2.07. The van der Waals surface area contributed by atoms with Crippen molar-refractivity contribution in [2.75, 3.05) is 44.2 Å². The molecule has 7 heteroatoms. The summed E-state index contributed by atoms with van der Waals surface area (Å²) < 4.78 is 7.72. The van der Waals surface area contributed by atoms with E-state index in [0.717, 1.165) is 67.3 Å². The van der Waals surface area contributed by atoms with Crippen LogP contribution in [-0.2, 0) is 0 Å². The summed E-state index contributed by atoms with van der Waals surface area (Å²) in [6.45, 7) is 11.5. The van der Waals surface area contributed by atoms with Gasteiger partial charge in [-0.05, 0) is 39.0 Å². The summed E-state index contributed by atoms with van der Waals surface area (Å²) in [5.74, 6) is 3.50. The van der Waals surface area contributed by atoms with Crippen LogP contribution in [0.15, 0.2) is 42.5 Å². The quantitative estimate of drug-likeness (QED) is 0.643. The van der Waals surface area contributed by atoms with E-state index in [2.05, 4.69) is 30.9 Å². The van der Waals surface area contributed by atoms with E-state index < -0.39 is 0 Å². The summed E-state index contributed by atoms with van der Waals surface area (Å²) in [6.07, 6.45) is 0. The highest BCUT2D eigenvalue weighted by Gasteiger charge is 2.19. The van der Waals surface area contributed by atoms with E-state index in [1.165, 1.54) is 0 Å². The number of hydrogen-bond donors (Lipinski definition) is 0. The first-order valence-electron chi connectivity index (χ1n) is 10.1. The highest BCUT2D eigenvalue weighted by molar-refractivity contribution is 5.45. The van der Waals surface area contributed by atoms with Gasteiger partial charge in [0.05, 0.1) is 5.69 Å². The van der Waals surface area contributed by atoms with Gasteiger partial charge in [-0.1, -0.05) is 18.2 Å². The molecule has 0 unspecified atom stereocenters. The minimum absolute atomic E-state index is 0.707. The van der Waals surface area contributed by atoms with E-state index in [1.807, 2.05) is 61.9 Å². The molecule has 29 heavy (non-hydrogen) atoms. The average Bonchev–Trinajstić information content (AvgIpc) is 3.07. The number of anilines is 1. The lowest BCUT2D eigenvalue weighted by Crippen LogP contribution is -2.47.